The summed E-state index contributed by atoms with van der Waals surface area (Å²) in [6.07, 6.45) is 1.56. The normalized spacial score (nSPS) is 9.89. The maximum absolute atomic E-state index is 5.63. The minimum Gasteiger partial charge on any atom is -0.490 e. The Balaban J connectivity index is 2.22. The van der Waals surface area contributed by atoms with E-state index in [-0.39, 0.29) is 0 Å². The zero-order chi connectivity index (χ0) is 12.8. The molecule has 6 nitrogen and oxygen atoms in total. The summed E-state index contributed by atoms with van der Waals surface area (Å²) >= 11 is 0. The second-order valence-electron chi connectivity index (χ2n) is 3.34. The van der Waals surface area contributed by atoms with Crippen molar-refractivity contribution in [3.05, 3.63) is 36.5 Å². The average molecular weight is 246 g/mol. The molecule has 3 N–H and O–H groups in total. The van der Waals surface area contributed by atoms with Gasteiger partial charge in [0.15, 0.2) is 11.5 Å². The zero-order valence-corrected chi connectivity index (χ0v) is 9.96. The third-order valence-corrected chi connectivity index (χ3v) is 2.12. The van der Waals surface area contributed by atoms with E-state index in [2.05, 4.69) is 15.4 Å². The van der Waals surface area contributed by atoms with Crippen molar-refractivity contribution in [3.8, 4) is 17.4 Å². The molecule has 6 heteroatoms. The molecular formula is C12H14N4O2. The highest BCUT2D eigenvalue weighted by Gasteiger charge is 2.06. The molecule has 1 aromatic heterocycles. The van der Waals surface area contributed by atoms with Crippen LogP contribution >= 0.6 is 0 Å². The first kappa shape index (κ1) is 12.1. The van der Waals surface area contributed by atoms with Crippen LogP contribution < -0.4 is 20.7 Å². The number of nitrogens with two attached hydrogens (primary N) is 1. The number of hydrogen-bond donors (Lipinski definition) is 2. The van der Waals surface area contributed by atoms with Gasteiger partial charge in [-0.3, -0.25) is 5.43 Å². The van der Waals surface area contributed by atoms with Crippen LogP contribution in [0.1, 0.15) is 6.92 Å². The number of para-hydroxylation sites is 2. The smallest absolute Gasteiger partial charge is 0.240 e. The van der Waals surface area contributed by atoms with Gasteiger partial charge in [-0.1, -0.05) is 12.1 Å². The molecule has 0 saturated carbocycles. The van der Waals surface area contributed by atoms with Crippen LogP contribution in [0.3, 0.4) is 0 Å². The predicted molar refractivity (Wildman–Crippen MR) is 67.5 cm³/mol. The molecule has 0 spiro atoms. The first-order valence-electron chi connectivity index (χ1n) is 5.53. The lowest BCUT2D eigenvalue weighted by molar-refractivity contribution is 0.319. The van der Waals surface area contributed by atoms with Gasteiger partial charge in [-0.25, -0.2) is 10.8 Å². The van der Waals surface area contributed by atoms with Gasteiger partial charge in [-0.15, -0.1) is 0 Å². The topological polar surface area (TPSA) is 82.3 Å². The number of hydrazine groups is 1. The maximum atomic E-state index is 5.63. The number of ether oxygens (including phenoxy) is 2. The van der Waals surface area contributed by atoms with Gasteiger partial charge in [0.05, 0.1) is 6.61 Å². The fourth-order valence-corrected chi connectivity index (χ4v) is 1.39. The summed E-state index contributed by atoms with van der Waals surface area (Å²) in [5.41, 5.74) is 2.36. The van der Waals surface area contributed by atoms with Crippen LogP contribution in [0.5, 0.6) is 17.4 Å². The first-order chi connectivity index (χ1) is 8.83. The van der Waals surface area contributed by atoms with Gasteiger partial charge in [-0.2, -0.15) is 4.98 Å². The van der Waals surface area contributed by atoms with E-state index < -0.39 is 0 Å². The van der Waals surface area contributed by atoms with Crippen LogP contribution in [-0.2, 0) is 0 Å². The molecule has 0 aliphatic carbocycles. The first-order valence-corrected chi connectivity index (χ1v) is 5.53. The summed E-state index contributed by atoms with van der Waals surface area (Å²) in [4.78, 5) is 7.96. The molecule has 2 aromatic rings. The molecule has 0 radical (unpaired) electrons. The summed E-state index contributed by atoms with van der Waals surface area (Å²) in [7, 11) is 0. The molecule has 1 heterocycles. The van der Waals surface area contributed by atoms with E-state index in [1.165, 1.54) is 0 Å². The van der Waals surface area contributed by atoms with Crippen LogP contribution in [0.4, 0.5) is 5.95 Å². The van der Waals surface area contributed by atoms with Crippen LogP contribution in [0.25, 0.3) is 0 Å². The third-order valence-electron chi connectivity index (χ3n) is 2.12. The maximum Gasteiger partial charge on any atom is 0.240 e. The Hall–Kier alpha value is -2.34. The van der Waals surface area contributed by atoms with E-state index >= 15 is 0 Å². The van der Waals surface area contributed by atoms with Crippen molar-refractivity contribution in [1.82, 2.24) is 9.97 Å². The number of nitrogen functional groups attached to an aromatic ring is 1. The van der Waals surface area contributed by atoms with Gasteiger partial charge in [0.25, 0.3) is 0 Å². The van der Waals surface area contributed by atoms with Gasteiger partial charge in [-0.05, 0) is 19.1 Å². The minimum absolute atomic E-state index is 0.293. The standard InChI is InChI=1S/C12H14N4O2/c1-2-17-9-5-3-4-6-10(9)18-11-7-8-14-12(15-11)16-13/h3-8H,2,13H2,1H3,(H,14,15,16). The van der Waals surface area contributed by atoms with Crippen molar-refractivity contribution in [2.24, 2.45) is 5.84 Å². The molecule has 94 valence electrons. The Morgan fingerprint density at radius 2 is 2.00 bits per heavy atom. The number of benzene rings is 1. The molecule has 2 rings (SSSR count). The summed E-state index contributed by atoms with van der Waals surface area (Å²) in [5.74, 6) is 7.19. The number of nitrogens with one attached hydrogen (secondary N) is 1. The molecule has 1 aromatic carbocycles. The van der Waals surface area contributed by atoms with Crippen LogP contribution in [0.2, 0.25) is 0 Å². The average Bonchev–Trinajstić information content (AvgIpc) is 2.41. The van der Waals surface area contributed by atoms with E-state index in [1.54, 1.807) is 12.3 Å². The van der Waals surface area contributed by atoms with E-state index in [0.717, 1.165) is 0 Å². The molecule has 0 saturated heterocycles. The number of nitrogens with zero attached hydrogens (tertiary/aromatic N) is 2. The van der Waals surface area contributed by atoms with Crippen molar-refractivity contribution < 1.29 is 9.47 Å². The van der Waals surface area contributed by atoms with E-state index in [0.29, 0.717) is 29.9 Å². The minimum atomic E-state index is 0.293. The van der Waals surface area contributed by atoms with Crippen LogP contribution in [0, 0.1) is 0 Å². The molecule has 18 heavy (non-hydrogen) atoms. The van der Waals surface area contributed by atoms with Crippen molar-refractivity contribution in [2.75, 3.05) is 12.0 Å². The number of rotatable bonds is 5. The van der Waals surface area contributed by atoms with E-state index in [4.69, 9.17) is 15.3 Å². The highest BCUT2D eigenvalue weighted by molar-refractivity contribution is 5.42. The molecule has 0 bridgehead atoms. The SMILES string of the molecule is CCOc1ccccc1Oc1ccnc(NN)n1. The van der Waals surface area contributed by atoms with Crippen molar-refractivity contribution in [3.63, 3.8) is 0 Å². The fourth-order valence-electron chi connectivity index (χ4n) is 1.39. The Kier molecular flexibility index (Phi) is 3.93. The Labute approximate surface area is 105 Å². The number of aromatic nitrogens is 2. The quantitative estimate of drug-likeness (QED) is 0.620. The lowest BCUT2D eigenvalue weighted by atomic mass is 10.3. The second-order valence-corrected chi connectivity index (χ2v) is 3.34. The van der Waals surface area contributed by atoms with E-state index in [9.17, 15) is 0 Å². The van der Waals surface area contributed by atoms with Crippen molar-refractivity contribution in [2.45, 2.75) is 6.92 Å². The molecule has 0 fully saturated rings. The summed E-state index contributed by atoms with van der Waals surface area (Å²) in [6.45, 7) is 2.48. The number of anilines is 1. The van der Waals surface area contributed by atoms with Crippen LogP contribution in [-0.4, -0.2) is 16.6 Å². The van der Waals surface area contributed by atoms with Gasteiger partial charge in [0.2, 0.25) is 11.8 Å². The fraction of sp³-hybridized carbons (Fsp3) is 0.167. The van der Waals surface area contributed by atoms with Crippen LogP contribution in [0.15, 0.2) is 36.5 Å². The Morgan fingerprint density at radius 3 is 2.72 bits per heavy atom. The number of hydrogen-bond acceptors (Lipinski definition) is 6. The highest BCUT2D eigenvalue weighted by atomic mass is 16.5. The molecule has 0 amide bonds. The van der Waals surface area contributed by atoms with E-state index in [1.807, 2.05) is 31.2 Å². The molecular weight excluding hydrogens is 232 g/mol. The largest absolute Gasteiger partial charge is 0.490 e. The molecule has 0 unspecified atom stereocenters. The summed E-state index contributed by atoms with van der Waals surface area (Å²) in [6, 6.07) is 9.03. The van der Waals surface area contributed by atoms with Gasteiger partial charge in [0.1, 0.15) is 0 Å². The Morgan fingerprint density at radius 1 is 1.22 bits per heavy atom. The summed E-state index contributed by atoms with van der Waals surface area (Å²) in [5, 5.41) is 0. The lowest BCUT2D eigenvalue weighted by Crippen LogP contribution is -2.10. The molecule has 0 aliphatic rings. The molecule has 0 aliphatic heterocycles. The van der Waals surface area contributed by atoms with Crippen molar-refractivity contribution in [1.29, 1.82) is 0 Å². The van der Waals surface area contributed by atoms with Gasteiger partial charge in [0, 0.05) is 12.3 Å². The predicted octanol–water partition coefficient (Wildman–Crippen LogP) is 1.95. The van der Waals surface area contributed by atoms with Crippen molar-refractivity contribution >= 4 is 5.95 Å². The highest BCUT2D eigenvalue weighted by Crippen LogP contribution is 2.30. The third kappa shape index (κ3) is 2.86. The monoisotopic (exact) mass is 246 g/mol. The lowest BCUT2D eigenvalue weighted by Gasteiger charge is -2.10. The van der Waals surface area contributed by atoms with Gasteiger partial charge < -0.3 is 9.47 Å². The summed E-state index contributed by atoms with van der Waals surface area (Å²) < 4.78 is 11.1. The Bertz CT molecular complexity index is 519. The molecule has 0 atom stereocenters. The van der Waals surface area contributed by atoms with Gasteiger partial charge >= 0.3 is 0 Å². The zero-order valence-electron chi connectivity index (χ0n) is 9.96. The second kappa shape index (κ2) is 5.83.